The second-order valence-electron chi connectivity index (χ2n) is 4.41. The predicted octanol–water partition coefficient (Wildman–Crippen LogP) is 0.810. The summed E-state index contributed by atoms with van der Waals surface area (Å²) in [5.41, 5.74) is 2.89. The van der Waals surface area contributed by atoms with Gasteiger partial charge in [0.25, 0.3) is 0 Å². The first-order chi connectivity index (χ1) is 8.88. The molecule has 1 aromatic heterocycles. The molecule has 1 fully saturated rings. The highest BCUT2D eigenvalue weighted by Gasteiger charge is 2.12. The number of rotatable bonds is 3. The number of anilines is 1. The topological polar surface area (TPSA) is 46.0 Å². The second kappa shape index (κ2) is 4.89. The van der Waals surface area contributed by atoms with Crippen molar-refractivity contribution in [3.05, 3.63) is 18.2 Å². The molecule has 2 heterocycles. The summed E-state index contributed by atoms with van der Waals surface area (Å²) in [5, 5.41) is 11.4. The van der Waals surface area contributed by atoms with Gasteiger partial charge in [-0.15, -0.1) is 5.10 Å². The number of alkyl halides is 1. The molecule has 0 unspecified atom stereocenters. The summed E-state index contributed by atoms with van der Waals surface area (Å²) in [7, 11) is 0. The highest BCUT2D eigenvalue weighted by atomic mass is 19.1. The highest BCUT2D eigenvalue weighted by Crippen LogP contribution is 2.20. The number of hydrogen-bond donors (Lipinski definition) is 1. The Morgan fingerprint density at radius 1 is 1.28 bits per heavy atom. The van der Waals surface area contributed by atoms with Crippen molar-refractivity contribution >= 4 is 16.7 Å². The van der Waals surface area contributed by atoms with Crippen molar-refractivity contribution < 1.29 is 4.39 Å². The Kier molecular flexibility index (Phi) is 3.10. The lowest BCUT2D eigenvalue weighted by Crippen LogP contribution is -2.43. The number of fused-ring (bicyclic) bond motifs is 1. The van der Waals surface area contributed by atoms with Gasteiger partial charge in [0.05, 0.1) is 12.1 Å². The van der Waals surface area contributed by atoms with Gasteiger partial charge in [0, 0.05) is 31.9 Å². The van der Waals surface area contributed by atoms with Crippen LogP contribution in [0.1, 0.15) is 0 Å². The summed E-state index contributed by atoms with van der Waals surface area (Å²) in [4.78, 5) is 2.32. The van der Waals surface area contributed by atoms with Crippen LogP contribution in [0.4, 0.5) is 10.1 Å². The van der Waals surface area contributed by atoms with Crippen molar-refractivity contribution in [3.8, 4) is 0 Å². The maximum absolute atomic E-state index is 12.4. The third kappa shape index (κ3) is 2.03. The van der Waals surface area contributed by atoms with Crippen molar-refractivity contribution in [2.24, 2.45) is 0 Å². The average molecular weight is 249 g/mol. The summed E-state index contributed by atoms with van der Waals surface area (Å²) < 4.78 is 14.0. The minimum Gasteiger partial charge on any atom is -0.369 e. The number of piperazine rings is 1. The summed E-state index contributed by atoms with van der Waals surface area (Å²) in [6, 6.07) is 6.07. The van der Waals surface area contributed by atoms with Crippen LogP contribution in [-0.4, -0.2) is 47.8 Å². The molecule has 96 valence electrons. The summed E-state index contributed by atoms with van der Waals surface area (Å²) >= 11 is 0. The van der Waals surface area contributed by atoms with E-state index in [0.29, 0.717) is 0 Å². The molecular weight excluding hydrogens is 233 g/mol. The van der Waals surface area contributed by atoms with Crippen LogP contribution < -0.4 is 10.2 Å². The largest absolute Gasteiger partial charge is 0.369 e. The van der Waals surface area contributed by atoms with Crippen LogP contribution in [-0.2, 0) is 6.54 Å². The molecule has 0 amide bonds. The maximum Gasteiger partial charge on any atom is 0.115 e. The van der Waals surface area contributed by atoms with Gasteiger partial charge in [-0.3, -0.25) is 0 Å². The molecule has 0 bridgehead atoms. The van der Waals surface area contributed by atoms with E-state index in [2.05, 4.69) is 26.6 Å². The zero-order chi connectivity index (χ0) is 12.4. The van der Waals surface area contributed by atoms with E-state index < -0.39 is 6.67 Å². The molecule has 1 aliphatic rings. The second-order valence-corrected chi connectivity index (χ2v) is 4.41. The molecule has 0 aliphatic carbocycles. The predicted molar refractivity (Wildman–Crippen MR) is 68.6 cm³/mol. The fourth-order valence-electron chi connectivity index (χ4n) is 2.33. The van der Waals surface area contributed by atoms with Crippen LogP contribution in [0.15, 0.2) is 18.2 Å². The Hall–Kier alpha value is -1.69. The van der Waals surface area contributed by atoms with E-state index in [1.54, 1.807) is 4.68 Å². The van der Waals surface area contributed by atoms with Gasteiger partial charge in [0.15, 0.2) is 0 Å². The number of aryl methyl sites for hydroxylation is 1. The lowest BCUT2D eigenvalue weighted by atomic mass is 10.2. The van der Waals surface area contributed by atoms with Gasteiger partial charge in [-0.05, 0) is 18.2 Å². The van der Waals surface area contributed by atoms with Gasteiger partial charge in [-0.1, -0.05) is 5.21 Å². The Morgan fingerprint density at radius 3 is 2.89 bits per heavy atom. The van der Waals surface area contributed by atoms with Crippen molar-refractivity contribution in [1.29, 1.82) is 0 Å². The first-order valence-corrected chi connectivity index (χ1v) is 6.23. The van der Waals surface area contributed by atoms with E-state index in [4.69, 9.17) is 0 Å². The number of nitrogens with one attached hydrogen (secondary N) is 1. The molecule has 18 heavy (non-hydrogen) atoms. The normalized spacial score (nSPS) is 16.4. The third-order valence-electron chi connectivity index (χ3n) is 3.28. The number of benzene rings is 1. The first kappa shape index (κ1) is 11.4. The Morgan fingerprint density at radius 2 is 2.11 bits per heavy atom. The summed E-state index contributed by atoms with van der Waals surface area (Å²) in [6.07, 6.45) is 0. The molecule has 1 aliphatic heterocycles. The monoisotopic (exact) mass is 249 g/mol. The Balaban J connectivity index is 1.91. The molecule has 1 saturated heterocycles. The van der Waals surface area contributed by atoms with Crippen LogP contribution >= 0.6 is 0 Å². The number of halogens is 1. The molecule has 1 aromatic carbocycles. The average Bonchev–Trinajstić information content (AvgIpc) is 2.83. The molecule has 0 saturated carbocycles. The Bertz CT molecular complexity index is 532. The maximum atomic E-state index is 12.4. The molecule has 0 atom stereocenters. The van der Waals surface area contributed by atoms with Gasteiger partial charge >= 0.3 is 0 Å². The van der Waals surface area contributed by atoms with E-state index in [0.717, 1.165) is 42.9 Å². The smallest absolute Gasteiger partial charge is 0.115 e. The number of aromatic nitrogens is 3. The standard InChI is InChI=1S/C12H16FN5/c13-3-6-18-12-2-1-10(9-11(12)15-16-18)17-7-4-14-5-8-17/h1-2,9,14H,3-8H2. The van der Waals surface area contributed by atoms with Crippen molar-refractivity contribution in [2.45, 2.75) is 6.54 Å². The fourth-order valence-corrected chi connectivity index (χ4v) is 2.33. The lowest BCUT2D eigenvalue weighted by Gasteiger charge is -2.29. The van der Waals surface area contributed by atoms with E-state index in [9.17, 15) is 4.39 Å². The van der Waals surface area contributed by atoms with Gasteiger partial charge in [0.1, 0.15) is 12.2 Å². The van der Waals surface area contributed by atoms with E-state index in [1.165, 1.54) is 0 Å². The van der Waals surface area contributed by atoms with Gasteiger partial charge in [-0.2, -0.15) is 0 Å². The summed E-state index contributed by atoms with van der Waals surface area (Å²) in [6.45, 7) is 3.87. The van der Waals surface area contributed by atoms with Crippen LogP contribution in [0.25, 0.3) is 11.0 Å². The van der Waals surface area contributed by atoms with Gasteiger partial charge < -0.3 is 10.2 Å². The van der Waals surface area contributed by atoms with E-state index >= 15 is 0 Å². The van der Waals surface area contributed by atoms with Crippen LogP contribution in [0.5, 0.6) is 0 Å². The zero-order valence-electron chi connectivity index (χ0n) is 10.1. The lowest BCUT2D eigenvalue weighted by molar-refractivity contribution is 0.428. The van der Waals surface area contributed by atoms with Crippen LogP contribution in [0.3, 0.4) is 0 Å². The van der Waals surface area contributed by atoms with E-state index in [-0.39, 0.29) is 6.54 Å². The minimum atomic E-state index is -0.419. The minimum absolute atomic E-state index is 0.267. The molecular formula is C12H16FN5. The highest BCUT2D eigenvalue weighted by molar-refractivity contribution is 5.79. The molecule has 1 N–H and O–H groups in total. The quantitative estimate of drug-likeness (QED) is 0.874. The van der Waals surface area contributed by atoms with Crippen molar-refractivity contribution in [2.75, 3.05) is 37.8 Å². The Labute approximate surface area is 105 Å². The van der Waals surface area contributed by atoms with Crippen LogP contribution in [0, 0.1) is 0 Å². The third-order valence-corrected chi connectivity index (χ3v) is 3.28. The fraction of sp³-hybridized carbons (Fsp3) is 0.500. The summed E-state index contributed by atoms with van der Waals surface area (Å²) in [5.74, 6) is 0. The molecule has 2 aromatic rings. The van der Waals surface area contributed by atoms with E-state index in [1.807, 2.05) is 12.1 Å². The molecule has 0 radical (unpaired) electrons. The number of hydrogen-bond acceptors (Lipinski definition) is 4. The molecule has 5 nitrogen and oxygen atoms in total. The van der Waals surface area contributed by atoms with Gasteiger partial charge in [0.2, 0.25) is 0 Å². The van der Waals surface area contributed by atoms with Crippen LogP contribution in [0.2, 0.25) is 0 Å². The van der Waals surface area contributed by atoms with Crippen molar-refractivity contribution in [1.82, 2.24) is 20.3 Å². The van der Waals surface area contributed by atoms with Crippen molar-refractivity contribution in [3.63, 3.8) is 0 Å². The van der Waals surface area contributed by atoms with Gasteiger partial charge in [-0.25, -0.2) is 9.07 Å². The zero-order valence-corrected chi connectivity index (χ0v) is 10.1. The molecule has 6 heteroatoms. The number of nitrogens with zero attached hydrogens (tertiary/aromatic N) is 4. The molecule has 3 rings (SSSR count). The first-order valence-electron chi connectivity index (χ1n) is 6.23. The SMILES string of the molecule is FCCn1nnc2cc(N3CCNCC3)ccc21. The molecule has 0 spiro atoms.